The molecule has 2 aromatic rings. The van der Waals surface area contributed by atoms with E-state index >= 15 is 0 Å². The Morgan fingerprint density at radius 1 is 1.13 bits per heavy atom. The summed E-state index contributed by atoms with van der Waals surface area (Å²) >= 11 is 0. The van der Waals surface area contributed by atoms with Gasteiger partial charge in [0.05, 0.1) is 11.3 Å². The fourth-order valence-electron chi connectivity index (χ4n) is 1.86. The molecule has 2 heterocycles. The van der Waals surface area contributed by atoms with Crippen LogP contribution < -0.4 is 4.57 Å². The maximum Gasteiger partial charge on any atom is 0.214 e. The molecular weight excluding hydrogens is 184 g/mol. The van der Waals surface area contributed by atoms with Crippen molar-refractivity contribution in [3.63, 3.8) is 0 Å². The van der Waals surface area contributed by atoms with E-state index in [1.807, 2.05) is 12.3 Å². The third-order valence-electron chi connectivity index (χ3n) is 2.66. The zero-order valence-corrected chi connectivity index (χ0v) is 9.36. The van der Waals surface area contributed by atoms with Crippen LogP contribution in [-0.2, 0) is 7.05 Å². The number of hydrogen-bond donors (Lipinski definition) is 0. The molecule has 2 nitrogen and oxygen atoms in total. The Bertz CT molecular complexity index is 469. The van der Waals surface area contributed by atoms with Gasteiger partial charge in [0.15, 0.2) is 6.20 Å². The number of pyridine rings is 2. The molecule has 0 atom stereocenters. The lowest BCUT2D eigenvalue weighted by Crippen LogP contribution is -2.30. The summed E-state index contributed by atoms with van der Waals surface area (Å²) in [5, 5.41) is 0. The van der Waals surface area contributed by atoms with Gasteiger partial charge in [-0.25, -0.2) is 4.57 Å². The lowest BCUT2D eigenvalue weighted by Gasteiger charge is -2.06. The van der Waals surface area contributed by atoms with Gasteiger partial charge in [-0.2, -0.15) is 0 Å². The van der Waals surface area contributed by atoms with Crippen LogP contribution in [-0.4, -0.2) is 4.98 Å². The molecule has 0 bridgehead atoms. The van der Waals surface area contributed by atoms with Gasteiger partial charge in [0.2, 0.25) is 5.69 Å². The van der Waals surface area contributed by atoms with E-state index in [0.717, 1.165) is 5.69 Å². The Balaban J connectivity index is 2.69. The number of hydrogen-bond acceptors (Lipinski definition) is 1. The Morgan fingerprint density at radius 2 is 1.93 bits per heavy atom. The molecule has 76 valence electrons. The molecule has 0 saturated heterocycles. The molecule has 0 spiro atoms. The number of rotatable bonds is 1. The largest absolute Gasteiger partial charge is 0.261 e. The molecule has 0 amide bonds. The molecule has 2 rings (SSSR count). The van der Waals surface area contributed by atoms with Crippen molar-refractivity contribution in [2.24, 2.45) is 7.05 Å². The van der Waals surface area contributed by atoms with Gasteiger partial charge < -0.3 is 0 Å². The number of aromatic nitrogens is 2. The van der Waals surface area contributed by atoms with Crippen LogP contribution in [0.25, 0.3) is 11.3 Å². The lowest BCUT2D eigenvalue weighted by atomic mass is 10.0. The minimum absolute atomic E-state index is 1.08. The molecule has 0 aromatic carbocycles. The summed E-state index contributed by atoms with van der Waals surface area (Å²) in [6.45, 7) is 4.17. The minimum atomic E-state index is 1.08. The second-order valence-corrected chi connectivity index (χ2v) is 3.79. The first-order valence-electron chi connectivity index (χ1n) is 5.07. The van der Waals surface area contributed by atoms with Crippen LogP contribution in [0.4, 0.5) is 0 Å². The van der Waals surface area contributed by atoms with Crippen molar-refractivity contribution in [2.45, 2.75) is 13.8 Å². The van der Waals surface area contributed by atoms with Gasteiger partial charge in [-0.3, -0.25) is 4.98 Å². The fraction of sp³-hybridized carbons (Fsp3) is 0.231. The van der Waals surface area contributed by atoms with Crippen molar-refractivity contribution in [2.75, 3.05) is 0 Å². The summed E-state index contributed by atoms with van der Waals surface area (Å²) in [7, 11) is 2.06. The van der Waals surface area contributed by atoms with Crippen molar-refractivity contribution in [1.82, 2.24) is 4.98 Å². The summed E-state index contributed by atoms with van der Waals surface area (Å²) < 4.78 is 2.12. The standard InChI is InChI=1S/C13H15N2/c1-10-7-8-14-11(2)13(10)12-6-4-5-9-15(12)3/h4-9H,1-3H3/q+1. The second-order valence-electron chi connectivity index (χ2n) is 3.79. The van der Waals surface area contributed by atoms with E-state index in [2.05, 4.69) is 54.8 Å². The maximum absolute atomic E-state index is 4.34. The molecule has 2 aromatic heterocycles. The van der Waals surface area contributed by atoms with Gasteiger partial charge in [0.1, 0.15) is 7.05 Å². The molecule has 0 unspecified atom stereocenters. The summed E-state index contributed by atoms with van der Waals surface area (Å²) in [4.78, 5) is 4.34. The number of aryl methyl sites for hydroxylation is 3. The van der Waals surface area contributed by atoms with E-state index in [0.29, 0.717) is 0 Å². The third-order valence-corrected chi connectivity index (χ3v) is 2.66. The highest BCUT2D eigenvalue weighted by molar-refractivity contribution is 5.62. The quantitative estimate of drug-likeness (QED) is 0.643. The first kappa shape index (κ1) is 9.84. The zero-order valence-electron chi connectivity index (χ0n) is 9.36. The minimum Gasteiger partial charge on any atom is -0.261 e. The zero-order chi connectivity index (χ0) is 10.8. The Hall–Kier alpha value is -1.70. The van der Waals surface area contributed by atoms with Crippen molar-refractivity contribution >= 4 is 0 Å². The van der Waals surface area contributed by atoms with E-state index in [1.54, 1.807) is 0 Å². The van der Waals surface area contributed by atoms with Crippen LogP contribution >= 0.6 is 0 Å². The van der Waals surface area contributed by atoms with Crippen molar-refractivity contribution < 1.29 is 4.57 Å². The van der Waals surface area contributed by atoms with Crippen LogP contribution in [0.15, 0.2) is 36.7 Å². The first-order chi connectivity index (χ1) is 7.20. The molecule has 0 radical (unpaired) electrons. The number of nitrogens with zero attached hydrogens (tertiary/aromatic N) is 2. The van der Waals surface area contributed by atoms with Crippen LogP contribution in [0.5, 0.6) is 0 Å². The highest BCUT2D eigenvalue weighted by atomic mass is 14.9. The SMILES string of the molecule is Cc1ccnc(C)c1-c1cccc[n+]1C. The monoisotopic (exact) mass is 199 g/mol. The average molecular weight is 199 g/mol. The summed E-state index contributed by atoms with van der Waals surface area (Å²) in [5.41, 5.74) is 4.79. The molecule has 0 fully saturated rings. The lowest BCUT2D eigenvalue weighted by molar-refractivity contribution is -0.660. The van der Waals surface area contributed by atoms with Crippen molar-refractivity contribution in [3.8, 4) is 11.3 Å². The average Bonchev–Trinajstić information content (AvgIpc) is 2.20. The van der Waals surface area contributed by atoms with Gasteiger partial charge in [-0.15, -0.1) is 0 Å². The topological polar surface area (TPSA) is 16.8 Å². The Labute approximate surface area is 90.2 Å². The van der Waals surface area contributed by atoms with E-state index in [4.69, 9.17) is 0 Å². The van der Waals surface area contributed by atoms with Crippen LogP contribution in [0.3, 0.4) is 0 Å². The fourth-order valence-corrected chi connectivity index (χ4v) is 1.86. The van der Waals surface area contributed by atoms with E-state index in [1.165, 1.54) is 16.8 Å². The molecule has 15 heavy (non-hydrogen) atoms. The molecule has 0 saturated carbocycles. The summed E-state index contributed by atoms with van der Waals surface area (Å²) in [6, 6.07) is 8.26. The van der Waals surface area contributed by atoms with Gasteiger partial charge in [0, 0.05) is 18.3 Å². The van der Waals surface area contributed by atoms with Gasteiger partial charge in [-0.05, 0) is 31.5 Å². The summed E-state index contributed by atoms with van der Waals surface area (Å²) in [6.07, 6.45) is 3.92. The van der Waals surface area contributed by atoms with Gasteiger partial charge in [-0.1, -0.05) is 0 Å². The third kappa shape index (κ3) is 1.75. The van der Waals surface area contributed by atoms with E-state index in [9.17, 15) is 0 Å². The second kappa shape index (κ2) is 3.81. The van der Waals surface area contributed by atoms with E-state index in [-0.39, 0.29) is 0 Å². The van der Waals surface area contributed by atoms with E-state index < -0.39 is 0 Å². The van der Waals surface area contributed by atoms with Crippen LogP contribution in [0, 0.1) is 13.8 Å². The highest BCUT2D eigenvalue weighted by Gasteiger charge is 2.13. The highest BCUT2D eigenvalue weighted by Crippen LogP contribution is 2.21. The van der Waals surface area contributed by atoms with Gasteiger partial charge in [0.25, 0.3) is 0 Å². The predicted molar refractivity (Wildman–Crippen MR) is 60.3 cm³/mol. The Morgan fingerprint density at radius 3 is 2.60 bits per heavy atom. The molecule has 0 aliphatic rings. The first-order valence-corrected chi connectivity index (χ1v) is 5.07. The Kier molecular flexibility index (Phi) is 2.50. The van der Waals surface area contributed by atoms with Crippen molar-refractivity contribution in [1.29, 1.82) is 0 Å². The molecule has 0 N–H and O–H groups in total. The van der Waals surface area contributed by atoms with Crippen molar-refractivity contribution in [3.05, 3.63) is 47.9 Å². The molecule has 2 heteroatoms. The van der Waals surface area contributed by atoms with Crippen LogP contribution in [0.1, 0.15) is 11.3 Å². The maximum atomic E-state index is 4.34. The molecule has 0 aliphatic carbocycles. The predicted octanol–water partition coefficient (Wildman–Crippen LogP) is 2.19. The smallest absolute Gasteiger partial charge is 0.214 e. The molecular formula is C13H15N2+. The van der Waals surface area contributed by atoms with Crippen LogP contribution in [0.2, 0.25) is 0 Å². The molecule has 0 aliphatic heterocycles. The summed E-state index contributed by atoms with van der Waals surface area (Å²) in [5.74, 6) is 0. The normalized spacial score (nSPS) is 10.3. The van der Waals surface area contributed by atoms with Gasteiger partial charge >= 0.3 is 0 Å².